The van der Waals surface area contributed by atoms with Gasteiger partial charge in [-0.25, -0.2) is 4.68 Å². The summed E-state index contributed by atoms with van der Waals surface area (Å²) in [5.41, 5.74) is 2.47. The van der Waals surface area contributed by atoms with E-state index in [4.69, 9.17) is 9.47 Å². The molecule has 128 valence electrons. The molecule has 0 spiro atoms. The Morgan fingerprint density at radius 2 is 1.80 bits per heavy atom. The molecule has 3 aromatic rings. The van der Waals surface area contributed by atoms with Crippen LogP contribution in [0.1, 0.15) is 11.1 Å². The number of rotatable bonds is 4. The van der Waals surface area contributed by atoms with Crippen molar-refractivity contribution in [2.45, 2.75) is 6.92 Å². The number of aryl methyl sites for hydroxylation is 1. The molecule has 2 aromatic carbocycles. The van der Waals surface area contributed by atoms with Gasteiger partial charge in [-0.1, -0.05) is 24.3 Å². The van der Waals surface area contributed by atoms with Crippen LogP contribution in [-0.2, 0) is 0 Å². The van der Waals surface area contributed by atoms with Gasteiger partial charge in [-0.05, 0) is 43.3 Å². The number of nitrogens with zero attached hydrogens (tertiary/aromatic N) is 1. The van der Waals surface area contributed by atoms with Gasteiger partial charge in [0.2, 0.25) is 0 Å². The van der Waals surface area contributed by atoms with E-state index >= 15 is 0 Å². The highest BCUT2D eigenvalue weighted by atomic mass is 16.5. The Morgan fingerprint density at radius 1 is 1.08 bits per heavy atom. The van der Waals surface area contributed by atoms with Crippen LogP contribution in [0.5, 0.6) is 11.5 Å². The maximum Gasteiger partial charge on any atom is 0.279 e. The van der Waals surface area contributed by atoms with Crippen LogP contribution >= 0.6 is 0 Å². The molecular formula is C20H20N2O3. The van der Waals surface area contributed by atoms with Crippen LogP contribution in [0, 0.1) is 6.92 Å². The van der Waals surface area contributed by atoms with Gasteiger partial charge in [0, 0.05) is 5.56 Å². The second-order valence-electron chi connectivity index (χ2n) is 5.73. The first kappa shape index (κ1) is 16.6. The maximum atomic E-state index is 12.8. The molecule has 1 aromatic heterocycles. The summed E-state index contributed by atoms with van der Waals surface area (Å²) in [5.74, 6) is 1.34. The number of aromatic amines is 1. The van der Waals surface area contributed by atoms with E-state index < -0.39 is 0 Å². The number of hydrogen-bond donors (Lipinski definition) is 1. The summed E-state index contributed by atoms with van der Waals surface area (Å²) >= 11 is 0. The number of benzene rings is 2. The van der Waals surface area contributed by atoms with Gasteiger partial charge in [0.25, 0.3) is 5.56 Å². The lowest BCUT2D eigenvalue weighted by Crippen LogP contribution is -2.34. The predicted molar refractivity (Wildman–Crippen MR) is 99.0 cm³/mol. The van der Waals surface area contributed by atoms with Crippen LogP contribution in [0.3, 0.4) is 0 Å². The Morgan fingerprint density at radius 3 is 2.44 bits per heavy atom. The third-order valence-corrected chi connectivity index (χ3v) is 4.03. The molecule has 0 aliphatic heterocycles. The first-order chi connectivity index (χ1) is 12.0. The molecule has 0 unspecified atom stereocenters. The minimum absolute atomic E-state index is 0.168. The molecule has 25 heavy (non-hydrogen) atoms. The van der Waals surface area contributed by atoms with Gasteiger partial charge >= 0.3 is 0 Å². The minimum atomic E-state index is -0.168. The van der Waals surface area contributed by atoms with Gasteiger partial charge < -0.3 is 9.47 Å². The lowest BCUT2D eigenvalue weighted by atomic mass is 10.1. The molecular weight excluding hydrogens is 316 g/mol. The van der Waals surface area contributed by atoms with Gasteiger partial charge in [-0.15, -0.1) is 0 Å². The highest BCUT2D eigenvalue weighted by Crippen LogP contribution is 2.24. The van der Waals surface area contributed by atoms with Crippen molar-refractivity contribution >= 4 is 12.7 Å². The van der Waals surface area contributed by atoms with Crippen molar-refractivity contribution in [2.75, 3.05) is 14.2 Å². The van der Waals surface area contributed by atoms with Crippen LogP contribution in [0.2, 0.25) is 0 Å². The van der Waals surface area contributed by atoms with Crippen molar-refractivity contribution in [1.29, 1.82) is 0 Å². The number of H-pyrrole nitrogens is 1. The lowest BCUT2D eigenvalue weighted by molar-refractivity contribution is 0.402. The highest BCUT2D eigenvalue weighted by Gasteiger charge is 2.07. The van der Waals surface area contributed by atoms with Gasteiger partial charge in [-0.3, -0.25) is 9.89 Å². The Labute approximate surface area is 145 Å². The molecule has 0 aliphatic rings. The first-order valence-electron chi connectivity index (χ1n) is 7.84. The number of hydrogen-bond acceptors (Lipinski definition) is 3. The van der Waals surface area contributed by atoms with E-state index in [9.17, 15) is 4.79 Å². The Kier molecular flexibility index (Phi) is 4.48. The summed E-state index contributed by atoms with van der Waals surface area (Å²) in [6.07, 6.45) is 1.76. The fourth-order valence-corrected chi connectivity index (χ4v) is 2.63. The maximum absolute atomic E-state index is 12.8. The highest BCUT2D eigenvalue weighted by molar-refractivity contribution is 5.59. The van der Waals surface area contributed by atoms with Crippen molar-refractivity contribution in [3.05, 3.63) is 74.5 Å². The lowest BCUT2D eigenvalue weighted by Gasteiger charge is -2.06. The number of aromatic nitrogens is 2. The molecule has 5 heteroatoms. The fraction of sp³-hybridized carbons (Fsp3) is 0.150. The van der Waals surface area contributed by atoms with Crippen molar-refractivity contribution in [3.8, 4) is 17.2 Å². The van der Waals surface area contributed by atoms with Crippen molar-refractivity contribution in [1.82, 2.24) is 9.78 Å². The molecule has 0 bridgehead atoms. The Hall–Kier alpha value is -3.21. The van der Waals surface area contributed by atoms with Crippen LogP contribution < -0.4 is 25.6 Å². The van der Waals surface area contributed by atoms with E-state index in [0.717, 1.165) is 16.8 Å². The summed E-state index contributed by atoms with van der Waals surface area (Å²) in [5, 5.41) is 4.04. The molecule has 0 amide bonds. The average Bonchev–Trinajstić information content (AvgIpc) is 2.90. The molecule has 0 saturated carbocycles. The summed E-state index contributed by atoms with van der Waals surface area (Å²) in [4.78, 5) is 12.8. The molecule has 5 nitrogen and oxygen atoms in total. The zero-order valence-corrected chi connectivity index (χ0v) is 14.5. The second kappa shape index (κ2) is 6.73. The van der Waals surface area contributed by atoms with Gasteiger partial charge in [0.15, 0.2) is 0 Å². The second-order valence-corrected chi connectivity index (χ2v) is 5.73. The van der Waals surface area contributed by atoms with E-state index in [0.29, 0.717) is 22.1 Å². The topological polar surface area (TPSA) is 56.2 Å². The van der Waals surface area contributed by atoms with E-state index in [1.807, 2.05) is 43.3 Å². The van der Waals surface area contributed by atoms with Crippen molar-refractivity contribution < 1.29 is 9.47 Å². The third kappa shape index (κ3) is 3.21. The molecule has 3 rings (SSSR count). The quantitative estimate of drug-likeness (QED) is 0.789. The van der Waals surface area contributed by atoms with E-state index in [1.54, 1.807) is 26.4 Å². The third-order valence-electron chi connectivity index (χ3n) is 4.03. The number of nitrogens with one attached hydrogen (secondary N) is 1. The van der Waals surface area contributed by atoms with Crippen molar-refractivity contribution in [2.24, 2.45) is 0 Å². The van der Waals surface area contributed by atoms with Crippen molar-refractivity contribution in [3.63, 3.8) is 0 Å². The van der Waals surface area contributed by atoms with Gasteiger partial charge in [0.1, 0.15) is 11.5 Å². The monoisotopic (exact) mass is 336 g/mol. The summed E-state index contributed by atoms with van der Waals surface area (Å²) in [6.45, 7) is 5.96. The van der Waals surface area contributed by atoms with E-state index in [-0.39, 0.29) is 5.56 Å². The van der Waals surface area contributed by atoms with Crippen LogP contribution in [0.25, 0.3) is 18.3 Å². The van der Waals surface area contributed by atoms with Crippen LogP contribution in [-0.4, -0.2) is 24.0 Å². The molecule has 1 heterocycles. The molecule has 0 fully saturated rings. The number of methoxy groups -OCH3 is 2. The van der Waals surface area contributed by atoms with Gasteiger partial charge in [0.05, 0.1) is 30.5 Å². The first-order valence-corrected chi connectivity index (χ1v) is 7.84. The fourth-order valence-electron chi connectivity index (χ4n) is 2.63. The largest absolute Gasteiger partial charge is 0.497 e. The zero-order chi connectivity index (χ0) is 18.0. The summed E-state index contributed by atoms with van der Waals surface area (Å²) < 4.78 is 12.1. The Balaban J connectivity index is 2.19. The normalized spacial score (nSPS) is 11.6. The Bertz CT molecular complexity index is 1060. The SMILES string of the molecule is C=c1[nH]n(-c2ccc(C)cc2)c(=O)/c1=C/c1cc(OC)ccc1OC. The zero-order valence-electron chi connectivity index (χ0n) is 14.5. The van der Waals surface area contributed by atoms with E-state index in [1.165, 1.54) is 4.68 Å². The molecule has 0 atom stereocenters. The minimum Gasteiger partial charge on any atom is -0.497 e. The molecule has 0 aliphatic carbocycles. The standard InChI is InChI=1S/C20H20N2O3/c1-13-5-7-16(8-6-13)22-20(23)18(14(2)21-22)12-15-11-17(24-3)9-10-19(15)25-4/h5-12,21H,2H2,1,3-4H3/b18-12+. The van der Waals surface area contributed by atoms with E-state index in [2.05, 4.69) is 11.7 Å². The number of ether oxygens (including phenoxy) is 2. The van der Waals surface area contributed by atoms with Crippen LogP contribution in [0.4, 0.5) is 0 Å². The molecule has 0 radical (unpaired) electrons. The van der Waals surface area contributed by atoms with Crippen LogP contribution in [0.15, 0.2) is 47.3 Å². The predicted octanol–water partition coefficient (Wildman–Crippen LogP) is 1.73. The van der Waals surface area contributed by atoms with Gasteiger partial charge in [-0.2, -0.15) is 0 Å². The molecule has 1 N–H and O–H groups in total. The summed E-state index contributed by atoms with van der Waals surface area (Å²) in [6, 6.07) is 13.1. The molecule has 0 saturated heterocycles. The summed E-state index contributed by atoms with van der Waals surface area (Å²) in [7, 11) is 3.19. The smallest absolute Gasteiger partial charge is 0.279 e. The average molecular weight is 336 g/mol.